The first-order chi connectivity index (χ1) is 22.1. The monoisotopic (exact) mass is 602 g/mol. The average Bonchev–Trinajstić information content (AvgIpc) is 3.54. The molecule has 0 spiro atoms. The summed E-state index contributed by atoms with van der Waals surface area (Å²) in [6, 6.07) is 18.1. The van der Waals surface area contributed by atoms with Crippen LogP contribution in [0, 0.1) is 114 Å². The van der Waals surface area contributed by atoms with Gasteiger partial charge in [0.15, 0.2) is 0 Å². The number of allylic oxidation sites excluding steroid dienone is 8. The minimum absolute atomic E-state index is 0.0807. The van der Waals surface area contributed by atoms with E-state index in [1.807, 2.05) is 12.1 Å². The normalized spacial score (nSPS) is 12.3. The number of halogens is 4. The van der Waals surface area contributed by atoms with Gasteiger partial charge in [0.05, 0.1) is 22.3 Å². The van der Waals surface area contributed by atoms with Crippen LogP contribution in [0.1, 0.15) is 44.5 Å². The standard InChI is InChI=1S/C34H6F4N8/c35-27-5-23(29(37)1-15(27)7-39)33-25(13-45)19-3-22-20(4-21(19)31(33)17(9-41)10-42)26(14-46)34(32(22)18(11-43)12-44)24-6-28(36)16(8-40)2-30(24)38/h1-6H. The summed E-state index contributed by atoms with van der Waals surface area (Å²) in [7, 11) is 0. The summed E-state index contributed by atoms with van der Waals surface area (Å²) in [5.41, 5.74) is -6.23. The highest BCUT2D eigenvalue weighted by Crippen LogP contribution is 2.55. The molecule has 210 valence electrons. The molecule has 0 aromatic heterocycles. The van der Waals surface area contributed by atoms with Gasteiger partial charge in [0.2, 0.25) is 0 Å². The predicted octanol–water partition coefficient (Wildman–Crippen LogP) is 6.48. The van der Waals surface area contributed by atoms with E-state index in [-0.39, 0.29) is 55.7 Å². The summed E-state index contributed by atoms with van der Waals surface area (Å²) >= 11 is 0. The highest BCUT2D eigenvalue weighted by atomic mass is 19.1. The fourth-order valence-electron chi connectivity index (χ4n) is 5.43. The quantitative estimate of drug-likeness (QED) is 0.235. The van der Waals surface area contributed by atoms with Gasteiger partial charge in [-0.15, -0.1) is 0 Å². The molecule has 0 unspecified atom stereocenters. The number of benzene rings is 3. The van der Waals surface area contributed by atoms with Crippen molar-refractivity contribution < 1.29 is 17.6 Å². The van der Waals surface area contributed by atoms with Crippen LogP contribution in [0.2, 0.25) is 0 Å². The Hall–Kier alpha value is -7.74. The SMILES string of the molecule is N#CC(C#N)=C1C(c2cc(F)c(C#N)cc2F)=C(C#N)c2cc3c(cc21)C(C#N)=C(c1cc(F)c(C#N)cc1F)C3=C(C#N)C#N. The molecule has 0 fully saturated rings. The van der Waals surface area contributed by atoms with Crippen molar-refractivity contribution in [3.05, 3.63) is 115 Å². The Labute approximate surface area is 256 Å². The second-order valence-corrected chi connectivity index (χ2v) is 9.46. The summed E-state index contributed by atoms with van der Waals surface area (Å²) < 4.78 is 60.2. The van der Waals surface area contributed by atoms with E-state index in [9.17, 15) is 40.4 Å². The molecular formula is C34H6F4N8. The van der Waals surface area contributed by atoms with E-state index < -0.39 is 56.7 Å². The summed E-state index contributed by atoms with van der Waals surface area (Å²) in [6.07, 6.45) is 0. The molecule has 12 heteroatoms. The van der Waals surface area contributed by atoms with Gasteiger partial charge in [0.25, 0.3) is 0 Å². The van der Waals surface area contributed by atoms with Gasteiger partial charge in [-0.2, -0.15) is 42.1 Å². The first kappa shape index (κ1) is 29.7. The number of nitriles is 8. The molecule has 2 aliphatic carbocycles. The molecule has 8 nitrogen and oxygen atoms in total. The van der Waals surface area contributed by atoms with Crippen molar-refractivity contribution in [3.8, 4) is 48.6 Å². The largest absolute Gasteiger partial charge is 0.206 e. The molecule has 0 heterocycles. The first-order valence-corrected chi connectivity index (χ1v) is 12.5. The highest BCUT2D eigenvalue weighted by molar-refractivity contribution is 6.29. The lowest BCUT2D eigenvalue weighted by molar-refractivity contribution is 0.594. The molecule has 3 aromatic carbocycles. The van der Waals surface area contributed by atoms with Crippen molar-refractivity contribution in [3.63, 3.8) is 0 Å². The van der Waals surface area contributed by atoms with Crippen molar-refractivity contribution >= 4 is 33.4 Å². The highest BCUT2D eigenvalue weighted by Gasteiger charge is 2.38. The van der Waals surface area contributed by atoms with E-state index in [1.54, 1.807) is 24.3 Å². The molecule has 5 rings (SSSR count). The van der Waals surface area contributed by atoms with Gasteiger partial charge in [-0.25, -0.2) is 17.6 Å². The Morgan fingerprint density at radius 1 is 0.391 bits per heavy atom. The Morgan fingerprint density at radius 2 is 0.739 bits per heavy atom. The zero-order chi connectivity index (χ0) is 33.4. The van der Waals surface area contributed by atoms with Crippen molar-refractivity contribution in [2.45, 2.75) is 0 Å². The molecular weight excluding hydrogens is 596 g/mol. The van der Waals surface area contributed by atoms with Crippen molar-refractivity contribution in [2.75, 3.05) is 0 Å². The van der Waals surface area contributed by atoms with Gasteiger partial charge in [0.1, 0.15) is 83.0 Å². The van der Waals surface area contributed by atoms with Crippen LogP contribution in [0.3, 0.4) is 0 Å². The zero-order valence-electron chi connectivity index (χ0n) is 22.6. The van der Waals surface area contributed by atoms with Gasteiger partial charge < -0.3 is 0 Å². The lowest BCUT2D eigenvalue weighted by atomic mass is 9.89. The smallest absolute Gasteiger partial charge is 0.141 e. The molecule has 0 N–H and O–H groups in total. The summed E-state index contributed by atoms with van der Waals surface area (Å²) in [5.74, 6) is -4.65. The molecule has 0 atom stereocenters. The van der Waals surface area contributed by atoms with Crippen LogP contribution in [0.5, 0.6) is 0 Å². The van der Waals surface area contributed by atoms with Crippen LogP contribution in [0.4, 0.5) is 17.6 Å². The molecule has 2 aliphatic rings. The maximum absolute atomic E-state index is 15.4. The summed E-state index contributed by atoms with van der Waals surface area (Å²) in [5, 5.41) is 78.0. The first-order valence-electron chi connectivity index (χ1n) is 12.5. The molecule has 3 aromatic rings. The van der Waals surface area contributed by atoms with Crippen LogP contribution < -0.4 is 0 Å². The Balaban J connectivity index is 1.96. The number of nitrogens with zero attached hydrogens (tertiary/aromatic N) is 8. The molecule has 0 saturated heterocycles. The summed E-state index contributed by atoms with van der Waals surface area (Å²) in [4.78, 5) is 0. The number of fused-ring (bicyclic) bond motifs is 2. The maximum Gasteiger partial charge on any atom is 0.141 e. The minimum Gasteiger partial charge on any atom is -0.206 e. The lowest BCUT2D eigenvalue weighted by Crippen LogP contribution is -1.98. The Morgan fingerprint density at radius 3 is 1.02 bits per heavy atom. The molecule has 46 heavy (non-hydrogen) atoms. The molecule has 0 bridgehead atoms. The fraction of sp³-hybridized carbons (Fsp3) is 0. The van der Waals surface area contributed by atoms with Gasteiger partial charge in [-0.1, -0.05) is 0 Å². The fourth-order valence-corrected chi connectivity index (χ4v) is 5.43. The molecule has 0 radical (unpaired) electrons. The van der Waals surface area contributed by atoms with Crippen LogP contribution in [-0.4, -0.2) is 0 Å². The second kappa shape index (κ2) is 11.2. The summed E-state index contributed by atoms with van der Waals surface area (Å²) in [6.45, 7) is 0. The van der Waals surface area contributed by atoms with Crippen LogP contribution in [0.25, 0.3) is 33.4 Å². The second-order valence-electron chi connectivity index (χ2n) is 9.46. The maximum atomic E-state index is 15.4. The molecule has 0 saturated carbocycles. The number of hydrogen-bond donors (Lipinski definition) is 0. The third-order valence-electron chi connectivity index (χ3n) is 7.30. The van der Waals surface area contributed by atoms with Gasteiger partial charge in [0, 0.05) is 44.5 Å². The van der Waals surface area contributed by atoms with E-state index in [4.69, 9.17) is 10.5 Å². The van der Waals surface area contributed by atoms with Crippen LogP contribution in [0.15, 0.2) is 47.5 Å². The predicted molar refractivity (Wildman–Crippen MR) is 150 cm³/mol. The van der Waals surface area contributed by atoms with Crippen LogP contribution >= 0.6 is 0 Å². The Bertz CT molecular complexity index is 2290. The van der Waals surface area contributed by atoms with E-state index in [2.05, 4.69) is 0 Å². The average molecular weight is 602 g/mol. The van der Waals surface area contributed by atoms with E-state index in [1.165, 1.54) is 24.3 Å². The van der Waals surface area contributed by atoms with Crippen molar-refractivity contribution in [1.29, 1.82) is 42.1 Å². The van der Waals surface area contributed by atoms with E-state index in [0.29, 0.717) is 24.3 Å². The number of rotatable bonds is 2. The number of hydrogen-bond acceptors (Lipinski definition) is 8. The van der Waals surface area contributed by atoms with Gasteiger partial charge in [-0.3, -0.25) is 0 Å². The zero-order valence-corrected chi connectivity index (χ0v) is 22.6. The van der Waals surface area contributed by atoms with Gasteiger partial charge in [-0.05, 0) is 47.5 Å². The Kier molecular flexibility index (Phi) is 7.21. The molecule has 0 amide bonds. The third kappa shape index (κ3) is 4.15. The van der Waals surface area contributed by atoms with Gasteiger partial charge >= 0.3 is 0 Å². The topological polar surface area (TPSA) is 190 Å². The molecule has 0 aliphatic heterocycles. The van der Waals surface area contributed by atoms with Crippen molar-refractivity contribution in [2.24, 2.45) is 0 Å². The van der Waals surface area contributed by atoms with Crippen LogP contribution in [-0.2, 0) is 0 Å². The van der Waals surface area contributed by atoms with Crippen molar-refractivity contribution in [1.82, 2.24) is 0 Å². The van der Waals surface area contributed by atoms with E-state index in [0.717, 1.165) is 0 Å². The van der Waals surface area contributed by atoms with E-state index >= 15 is 8.78 Å². The third-order valence-corrected chi connectivity index (χ3v) is 7.30. The minimum atomic E-state index is -1.16. The lowest BCUT2D eigenvalue weighted by Gasteiger charge is -2.11.